The fourth-order valence-electron chi connectivity index (χ4n) is 3.29. The smallest absolute Gasteiger partial charge is 0.323 e. The summed E-state index contributed by atoms with van der Waals surface area (Å²) in [6.45, 7) is 8.55. The van der Waals surface area contributed by atoms with Gasteiger partial charge in [-0.2, -0.15) is 0 Å². The van der Waals surface area contributed by atoms with Crippen LogP contribution in [-0.2, 0) is 19.1 Å². The molecule has 0 atom stereocenters. The summed E-state index contributed by atoms with van der Waals surface area (Å²) in [6.07, 6.45) is 0.534. The first kappa shape index (κ1) is 18.2. The molecule has 0 aliphatic heterocycles. The fourth-order valence-corrected chi connectivity index (χ4v) is 5.69. The van der Waals surface area contributed by atoms with Crippen molar-refractivity contribution >= 4 is 25.2 Å². The largest absolute Gasteiger partial charge is 0.468 e. The van der Waals surface area contributed by atoms with E-state index in [0.29, 0.717) is 0 Å². The Balaban J connectivity index is 2.41. The molecule has 0 spiro atoms. The van der Waals surface area contributed by atoms with E-state index in [4.69, 9.17) is 9.47 Å². The third-order valence-corrected chi connectivity index (χ3v) is 7.56. The van der Waals surface area contributed by atoms with Gasteiger partial charge >= 0.3 is 11.9 Å². The summed E-state index contributed by atoms with van der Waals surface area (Å²) in [5.41, 5.74) is 2.69. The van der Waals surface area contributed by atoms with E-state index in [1.165, 1.54) is 19.4 Å². The van der Waals surface area contributed by atoms with Crippen LogP contribution in [-0.4, -0.2) is 34.2 Å². The minimum Gasteiger partial charge on any atom is -0.468 e. The highest BCUT2D eigenvalue weighted by Crippen LogP contribution is 2.46. The Morgan fingerprint density at radius 2 is 1.62 bits per heavy atom. The molecule has 1 aromatic rings. The summed E-state index contributed by atoms with van der Waals surface area (Å²) in [5.74, 6) is -1.11. The van der Waals surface area contributed by atoms with Gasteiger partial charge in [0.2, 0.25) is 0 Å². The number of allylic oxidation sites excluding steroid dienone is 2. The lowest BCUT2D eigenvalue weighted by molar-refractivity contribution is -0.168. The normalized spacial score (nSPS) is 18.5. The van der Waals surface area contributed by atoms with Gasteiger partial charge in [-0.1, -0.05) is 72.0 Å². The second-order valence-electron chi connectivity index (χ2n) is 6.78. The van der Waals surface area contributed by atoms with Crippen molar-refractivity contribution in [1.82, 2.24) is 0 Å². The molecule has 5 heteroatoms. The third kappa shape index (κ3) is 3.22. The van der Waals surface area contributed by atoms with Gasteiger partial charge in [0, 0.05) is 0 Å². The maximum absolute atomic E-state index is 12.3. The van der Waals surface area contributed by atoms with E-state index in [9.17, 15) is 9.59 Å². The zero-order chi connectivity index (χ0) is 18.0. The highest BCUT2D eigenvalue weighted by Gasteiger charge is 2.53. The number of rotatable bonds is 4. The number of ether oxygens (including phenoxy) is 2. The SMILES string of the molecule is C=C1CC(C(=O)OC)(C(=O)OC)C/C1=C\[Si](C)(C)c1ccccc1. The third-order valence-electron chi connectivity index (χ3n) is 4.67. The molecule has 0 saturated heterocycles. The molecule has 1 aliphatic carbocycles. The Morgan fingerprint density at radius 3 is 2.12 bits per heavy atom. The number of carbonyl (C=O) groups is 2. The van der Waals surface area contributed by atoms with Gasteiger partial charge in [-0.25, -0.2) is 0 Å². The minimum atomic E-state index is -1.87. The van der Waals surface area contributed by atoms with E-state index >= 15 is 0 Å². The Labute approximate surface area is 144 Å². The minimum absolute atomic E-state index is 0.247. The Morgan fingerprint density at radius 1 is 1.08 bits per heavy atom. The summed E-state index contributed by atoms with van der Waals surface area (Å²) < 4.78 is 9.75. The second-order valence-corrected chi connectivity index (χ2v) is 11.1. The molecule has 0 heterocycles. The first-order chi connectivity index (χ1) is 11.3. The van der Waals surface area contributed by atoms with Crippen LogP contribution in [0.25, 0.3) is 0 Å². The average Bonchev–Trinajstić information content (AvgIpc) is 2.91. The summed E-state index contributed by atoms with van der Waals surface area (Å²) >= 11 is 0. The molecule has 0 radical (unpaired) electrons. The van der Waals surface area contributed by atoms with Crippen LogP contribution >= 0.6 is 0 Å². The van der Waals surface area contributed by atoms with Crippen LogP contribution in [0.2, 0.25) is 13.1 Å². The van der Waals surface area contributed by atoms with Gasteiger partial charge in [0.05, 0.1) is 14.2 Å². The van der Waals surface area contributed by atoms with Crippen LogP contribution in [0.15, 0.2) is 53.8 Å². The monoisotopic (exact) mass is 344 g/mol. The number of hydrogen-bond donors (Lipinski definition) is 0. The molecule has 1 aliphatic rings. The van der Waals surface area contributed by atoms with Crippen LogP contribution in [0.1, 0.15) is 12.8 Å². The first-order valence-electron chi connectivity index (χ1n) is 7.89. The van der Waals surface area contributed by atoms with E-state index in [-0.39, 0.29) is 12.8 Å². The van der Waals surface area contributed by atoms with Gasteiger partial charge in [0.25, 0.3) is 0 Å². The van der Waals surface area contributed by atoms with Gasteiger partial charge in [-0.3, -0.25) is 9.59 Å². The molecule has 1 fully saturated rings. The lowest BCUT2D eigenvalue weighted by Gasteiger charge is -2.22. The van der Waals surface area contributed by atoms with Crippen molar-refractivity contribution in [3.8, 4) is 0 Å². The van der Waals surface area contributed by atoms with Crippen LogP contribution < -0.4 is 5.19 Å². The number of methoxy groups -OCH3 is 2. The number of carbonyl (C=O) groups excluding carboxylic acids is 2. The molecule has 0 N–H and O–H groups in total. The van der Waals surface area contributed by atoms with Crippen molar-refractivity contribution in [3.63, 3.8) is 0 Å². The van der Waals surface area contributed by atoms with E-state index in [1.807, 2.05) is 18.2 Å². The zero-order valence-electron chi connectivity index (χ0n) is 14.7. The molecular formula is C19H24O4Si. The van der Waals surface area contributed by atoms with E-state index in [2.05, 4.69) is 37.5 Å². The summed E-state index contributed by atoms with van der Waals surface area (Å²) in [5, 5.41) is 1.29. The molecule has 1 aromatic carbocycles. The van der Waals surface area contributed by atoms with Crippen LogP contribution in [0.3, 0.4) is 0 Å². The topological polar surface area (TPSA) is 52.6 Å². The van der Waals surface area contributed by atoms with E-state index < -0.39 is 25.4 Å². The van der Waals surface area contributed by atoms with Gasteiger partial charge in [0.15, 0.2) is 5.41 Å². The van der Waals surface area contributed by atoms with Gasteiger partial charge in [-0.05, 0) is 12.8 Å². The Kier molecular flexibility index (Phi) is 5.13. The van der Waals surface area contributed by atoms with Crippen molar-refractivity contribution in [2.24, 2.45) is 5.41 Å². The Hall–Kier alpha value is -2.14. The van der Waals surface area contributed by atoms with Gasteiger partial charge in [0.1, 0.15) is 8.07 Å². The van der Waals surface area contributed by atoms with Crippen LogP contribution in [0.5, 0.6) is 0 Å². The van der Waals surface area contributed by atoms with Gasteiger partial charge < -0.3 is 9.47 Å². The molecular weight excluding hydrogens is 320 g/mol. The lowest BCUT2D eigenvalue weighted by Crippen LogP contribution is -2.40. The molecule has 1 saturated carbocycles. The predicted octanol–water partition coefficient (Wildman–Crippen LogP) is 2.75. The van der Waals surface area contributed by atoms with Crippen molar-refractivity contribution in [3.05, 3.63) is 53.8 Å². The van der Waals surface area contributed by atoms with Crippen molar-refractivity contribution in [2.75, 3.05) is 14.2 Å². The standard InChI is InChI=1S/C19H24O4Si/c1-14-11-19(17(20)22-2,18(21)23-3)12-15(14)13-24(4,5)16-9-7-6-8-10-16/h6-10,13H,1,11-12H2,2-5H3/b15-13+. The zero-order valence-corrected chi connectivity index (χ0v) is 15.7. The highest BCUT2D eigenvalue weighted by molar-refractivity contribution is 6.94. The molecule has 24 heavy (non-hydrogen) atoms. The van der Waals surface area contributed by atoms with E-state index in [0.717, 1.165) is 11.1 Å². The number of benzene rings is 1. The van der Waals surface area contributed by atoms with Gasteiger partial charge in [-0.15, -0.1) is 0 Å². The maximum Gasteiger partial charge on any atom is 0.323 e. The van der Waals surface area contributed by atoms with Crippen LogP contribution in [0.4, 0.5) is 0 Å². The van der Waals surface area contributed by atoms with Crippen molar-refractivity contribution in [1.29, 1.82) is 0 Å². The Bertz CT molecular complexity index is 673. The molecule has 0 amide bonds. The molecule has 0 aromatic heterocycles. The highest BCUT2D eigenvalue weighted by atomic mass is 28.3. The van der Waals surface area contributed by atoms with Crippen LogP contribution in [0, 0.1) is 5.41 Å². The summed E-state index contributed by atoms with van der Waals surface area (Å²) in [6, 6.07) is 10.3. The van der Waals surface area contributed by atoms with Crippen molar-refractivity contribution < 1.29 is 19.1 Å². The number of esters is 2. The van der Waals surface area contributed by atoms with Crippen molar-refractivity contribution in [2.45, 2.75) is 25.9 Å². The number of hydrogen-bond acceptors (Lipinski definition) is 4. The summed E-state index contributed by atoms with van der Waals surface area (Å²) in [4.78, 5) is 24.6. The fraction of sp³-hybridized carbons (Fsp3) is 0.368. The average molecular weight is 344 g/mol. The lowest BCUT2D eigenvalue weighted by atomic mass is 9.86. The molecule has 128 valence electrons. The molecule has 4 nitrogen and oxygen atoms in total. The molecule has 0 bridgehead atoms. The molecule has 2 rings (SSSR count). The first-order valence-corrected chi connectivity index (χ1v) is 11.0. The van der Waals surface area contributed by atoms with E-state index in [1.54, 1.807) is 0 Å². The second kappa shape index (κ2) is 6.77. The maximum atomic E-state index is 12.3. The summed E-state index contributed by atoms with van der Waals surface area (Å²) in [7, 11) is 0.718. The quantitative estimate of drug-likeness (QED) is 0.479. The molecule has 0 unspecified atom stereocenters. The predicted molar refractivity (Wildman–Crippen MR) is 96.5 cm³/mol.